The maximum Gasteiger partial charge on any atom is 0.307 e. The zero-order valence-electron chi connectivity index (χ0n) is 35.8. The van der Waals surface area contributed by atoms with Crippen molar-refractivity contribution in [2.45, 2.75) is 132 Å². The van der Waals surface area contributed by atoms with Gasteiger partial charge in [0.1, 0.15) is 12.0 Å². The Kier molecular flexibility index (Phi) is 9.85. The van der Waals surface area contributed by atoms with Gasteiger partial charge in [0.05, 0.1) is 37.9 Å². The maximum absolute atomic E-state index is 13.6. The molecular formula is C45H68N6O5. The molecule has 308 valence electrons. The second-order valence-corrected chi connectivity index (χ2v) is 21.3. The highest BCUT2D eigenvalue weighted by molar-refractivity contribution is 5.91. The summed E-state index contributed by atoms with van der Waals surface area (Å²) in [5.41, 5.74) is 12.5. The number of ether oxygens (including phenoxy) is 2. The molecule has 5 N–H and O–H groups in total. The molecule has 5 aliphatic rings. The van der Waals surface area contributed by atoms with Gasteiger partial charge in [-0.15, -0.1) is 0 Å². The molecule has 2 aromatic rings. The first-order valence-electron chi connectivity index (χ1n) is 21.1. The highest BCUT2D eigenvalue weighted by Crippen LogP contribution is 2.75. The summed E-state index contributed by atoms with van der Waals surface area (Å²) < 4.78 is 16.0. The Morgan fingerprint density at radius 1 is 1.05 bits per heavy atom. The van der Waals surface area contributed by atoms with Gasteiger partial charge >= 0.3 is 5.97 Å². The van der Waals surface area contributed by atoms with Crippen LogP contribution in [-0.2, 0) is 14.3 Å². The third kappa shape index (κ3) is 5.78. The summed E-state index contributed by atoms with van der Waals surface area (Å²) in [7, 11) is 0. The predicted octanol–water partition coefficient (Wildman–Crippen LogP) is 7.72. The van der Waals surface area contributed by atoms with Gasteiger partial charge in [-0.2, -0.15) is 5.10 Å². The van der Waals surface area contributed by atoms with Crippen molar-refractivity contribution >= 4 is 11.9 Å². The minimum absolute atomic E-state index is 0.165. The number of carboxylic acid groups (broad SMARTS) is 1. The number of rotatable bonds is 9. The van der Waals surface area contributed by atoms with Crippen molar-refractivity contribution in [1.29, 1.82) is 0 Å². The molecule has 4 aliphatic carbocycles. The average molecular weight is 773 g/mol. The molecule has 11 nitrogen and oxygen atoms in total. The molecule has 56 heavy (non-hydrogen) atoms. The van der Waals surface area contributed by atoms with Crippen LogP contribution in [0.2, 0.25) is 0 Å². The second-order valence-electron chi connectivity index (χ2n) is 21.3. The molecule has 1 amide bonds. The lowest BCUT2D eigenvalue weighted by molar-refractivity contribution is -0.253. The van der Waals surface area contributed by atoms with Gasteiger partial charge in [-0.3, -0.25) is 14.6 Å². The molecule has 2 bridgehead atoms. The number of carbonyl (C=O) groups excluding carboxylic acids is 1. The summed E-state index contributed by atoms with van der Waals surface area (Å²) in [5, 5.41) is 16.1. The van der Waals surface area contributed by atoms with Crippen LogP contribution in [-0.4, -0.2) is 68.2 Å². The van der Waals surface area contributed by atoms with Crippen LogP contribution in [0.25, 0.3) is 11.4 Å². The van der Waals surface area contributed by atoms with Gasteiger partial charge in [0.2, 0.25) is 0 Å². The van der Waals surface area contributed by atoms with E-state index in [1.54, 1.807) is 18.6 Å². The van der Waals surface area contributed by atoms with Gasteiger partial charge in [-0.1, -0.05) is 80.9 Å². The Labute approximate surface area is 334 Å². The standard InChI is InChI=1S/C45H68N6O5/c1-26(2)27(3)40(7)17-18-42(9)29-12-13-33-41(8)22-55-24-45(33,30(29)14-16-43(42,10)34(40)38(53)54)21-32(35(41)56-23-44(11,47)39(4,5)6)51-37(49-25-50-51)28-15-19-48-31(20-28)36(46)52/h14-15,19-20,25-27,29,32-35H,12-13,16-18,21-24,47H2,1-11H3,(H2,46,52)(H,53,54)/t27-,29+,32-,33+,34-,35+,40-,41-,42-,43+,44+,45+/m1/s1. The summed E-state index contributed by atoms with van der Waals surface area (Å²) in [4.78, 5) is 34.8. The van der Waals surface area contributed by atoms with Gasteiger partial charge in [0.15, 0.2) is 5.82 Å². The van der Waals surface area contributed by atoms with E-state index < -0.39 is 34.2 Å². The van der Waals surface area contributed by atoms with Crippen LogP contribution in [0.3, 0.4) is 0 Å². The molecule has 0 aromatic carbocycles. The maximum atomic E-state index is 13.6. The summed E-state index contributed by atoms with van der Waals surface area (Å²) in [5.74, 6) is 0.0761. The lowest BCUT2D eigenvalue weighted by Crippen LogP contribution is -2.69. The fourth-order valence-electron chi connectivity index (χ4n) is 13.0. The van der Waals surface area contributed by atoms with Gasteiger partial charge in [0, 0.05) is 28.1 Å². The molecule has 0 radical (unpaired) electrons. The van der Waals surface area contributed by atoms with Crippen LogP contribution < -0.4 is 11.5 Å². The average Bonchev–Trinajstić information content (AvgIpc) is 3.60. The number of aromatic nitrogens is 4. The quantitative estimate of drug-likeness (QED) is 0.216. The molecule has 4 fully saturated rings. The topological polar surface area (TPSA) is 168 Å². The molecule has 7 rings (SSSR count). The Morgan fingerprint density at radius 2 is 1.77 bits per heavy atom. The van der Waals surface area contributed by atoms with E-state index >= 15 is 0 Å². The lowest BCUT2D eigenvalue weighted by Gasteiger charge is -2.71. The SMILES string of the molecule is CC(C)[C@@H](C)[C@@]1(C)CC[C@]2(C)[C@H]3CC[C@@H]4[C@@]5(COC[C@@]4(C)[C@@H](OC[C@](C)(N)C(C)(C)C)[C@H](n4ncnc4-c4ccnc(C(N)=O)c4)C5)C3=CC[C@@]2(C)[C@@H]1C(=O)O. The Morgan fingerprint density at radius 3 is 2.41 bits per heavy atom. The summed E-state index contributed by atoms with van der Waals surface area (Å²) >= 11 is 0. The number of nitrogens with zero attached hydrogens (tertiary/aromatic N) is 4. The molecule has 3 heterocycles. The molecule has 1 aliphatic heterocycles. The van der Waals surface area contributed by atoms with Crippen LogP contribution in [0, 0.1) is 62.1 Å². The van der Waals surface area contributed by atoms with Gasteiger partial charge in [0.25, 0.3) is 5.91 Å². The Hall–Kier alpha value is -3.15. The predicted molar refractivity (Wildman–Crippen MR) is 216 cm³/mol. The number of carbonyl (C=O) groups is 2. The highest BCUT2D eigenvalue weighted by atomic mass is 16.5. The largest absolute Gasteiger partial charge is 0.481 e. The van der Waals surface area contributed by atoms with Crippen LogP contribution in [0.4, 0.5) is 0 Å². The van der Waals surface area contributed by atoms with E-state index in [1.807, 2.05) is 10.7 Å². The minimum Gasteiger partial charge on any atom is -0.481 e. The zero-order chi connectivity index (χ0) is 41.0. The van der Waals surface area contributed by atoms with Crippen LogP contribution in [0.15, 0.2) is 36.3 Å². The van der Waals surface area contributed by atoms with E-state index in [0.717, 1.165) is 38.5 Å². The summed E-state index contributed by atoms with van der Waals surface area (Å²) in [6.07, 6.45) is 10.7. The number of nitrogens with two attached hydrogens (primary N) is 2. The number of fused-ring (bicyclic) bond motifs is 3. The molecule has 2 aromatic heterocycles. The number of hydrogen-bond donors (Lipinski definition) is 3. The molecule has 1 saturated heterocycles. The fraction of sp³-hybridized carbons (Fsp3) is 0.756. The molecule has 3 saturated carbocycles. The molecule has 0 spiro atoms. The monoisotopic (exact) mass is 773 g/mol. The van der Waals surface area contributed by atoms with E-state index in [9.17, 15) is 14.7 Å². The van der Waals surface area contributed by atoms with Crippen molar-refractivity contribution < 1.29 is 24.2 Å². The summed E-state index contributed by atoms with van der Waals surface area (Å²) in [6.45, 7) is 26.1. The summed E-state index contributed by atoms with van der Waals surface area (Å²) in [6, 6.07) is 3.28. The smallest absolute Gasteiger partial charge is 0.307 e. The third-order valence-corrected chi connectivity index (χ3v) is 17.5. The first-order chi connectivity index (χ1) is 26.0. The van der Waals surface area contributed by atoms with Crippen molar-refractivity contribution in [3.63, 3.8) is 0 Å². The molecular weight excluding hydrogens is 705 g/mol. The van der Waals surface area contributed by atoms with E-state index in [0.29, 0.717) is 37.1 Å². The Bertz CT molecular complexity index is 1900. The first-order valence-corrected chi connectivity index (χ1v) is 21.1. The van der Waals surface area contributed by atoms with E-state index in [1.165, 1.54) is 5.57 Å². The van der Waals surface area contributed by atoms with Gasteiger partial charge < -0.3 is 26.0 Å². The lowest BCUT2D eigenvalue weighted by atomic mass is 9.34. The van der Waals surface area contributed by atoms with Crippen molar-refractivity contribution in [2.75, 3.05) is 19.8 Å². The van der Waals surface area contributed by atoms with Crippen molar-refractivity contribution in [2.24, 2.45) is 73.5 Å². The van der Waals surface area contributed by atoms with E-state index in [4.69, 9.17) is 31.0 Å². The van der Waals surface area contributed by atoms with E-state index in [2.05, 4.69) is 87.2 Å². The molecule has 0 unspecified atom stereocenters. The van der Waals surface area contributed by atoms with Gasteiger partial charge in [-0.05, 0) is 103 Å². The molecule has 12 atom stereocenters. The Balaban J connectivity index is 1.36. The van der Waals surface area contributed by atoms with Gasteiger partial charge in [-0.25, -0.2) is 9.67 Å². The van der Waals surface area contributed by atoms with Crippen molar-refractivity contribution in [1.82, 2.24) is 19.7 Å². The number of aliphatic carboxylic acids is 1. The normalized spacial score (nSPS) is 39.7. The van der Waals surface area contributed by atoms with Crippen molar-refractivity contribution in [3.8, 4) is 11.4 Å². The molecule has 11 heteroatoms. The first kappa shape index (κ1) is 41.0. The minimum atomic E-state index is -0.653. The zero-order valence-corrected chi connectivity index (χ0v) is 35.8. The number of carboxylic acids is 1. The number of allylic oxidation sites excluding steroid dienone is 1. The number of amides is 1. The number of pyridine rings is 1. The van der Waals surface area contributed by atoms with Crippen LogP contribution in [0.1, 0.15) is 131 Å². The third-order valence-electron chi connectivity index (χ3n) is 17.5. The van der Waals surface area contributed by atoms with E-state index in [-0.39, 0.29) is 57.3 Å². The second kappa shape index (κ2) is 13.4. The van der Waals surface area contributed by atoms with Crippen molar-refractivity contribution in [3.05, 3.63) is 42.0 Å². The number of hydrogen-bond acceptors (Lipinski definition) is 8. The highest BCUT2D eigenvalue weighted by Gasteiger charge is 2.72. The van der Waals surface area contributed by atoms with Crippen LogP contribution >= 0.6 is 0 Å². The fourth-order valence-corrected chi connectivity index (χ4v) is 13.0. The number of primary amides is 1. The van der Waals surface area contributed by atoms with Crippen LogP contribution in [0.5, 0.6) is 0 Å².